The first-order chi connectivity index (χ1) is 16.0. The molecule has 3 aromatic rings. The van der Waals surface area contributed by atoms with E-state index in [2.05, 4.69) is 12.3 Å². The third-order valence-corrected chi connectivity index (χ3v) is 6.64. The van der Waals surface area contributed by atoms with Gasteiger partial charge in [0.15, 0.2) is 0 Å². The zero-order valence-electron chi connectivity index (χ0n) is 18.9. The molecule has 0 saturated heterocycles. The predicted octanol–water partition coefficient (Wildman–Crippen LogP) is 5.77. The molecular weight excluding hydrogens is 434 g/mol. The van der Waals surface area contributed by atoms with E-state index in [1.807, 2.05) is 23.6 Å². The van der Waals surface area contributed by atoms with Crippen LogP contribution in [0.25, 0.3) is 11.1 Å². The molecule has 4 rings (SSSR count). The molecule has 1 heterocycles. The molecular formula is C27H31NO4S. The smallest absolute Gasteiger partial charge is 0.281 e. The Bertz CT molecular complexity index is 1040. The number of para-hydroxylation sites is 1. The number of ether oxygens (including phenoxy) is 1. The fraction of sp³-hybridized carbons (Fsp3) is 0.370. The highest BCUT2D eigenvalue weighted by atomic mass is 32.1. The van der Waals surface area contributed by atoms with E-state index in [4.69, 9.17) is 4.74 Å². The van der Waals surface area contributed by atoms with Crippen molar-refractivity contribution in [3.8, 4) is 16.9 Å². The lowest BCUT2D eigenvalue weighted by molar-refractivity contribution is -0.259. The standard InChI is InChI=1S/C27H31NO4S/c1-2-3-4-7-17-32-25-9-6-5-8-24(25)27(30,31)28(23-14-15-23)26(29)21-12-10-20(11-13-21)22-16-18-33-19-22/h5-6,8-13,16,18-19,23,30-31H,2-4,7,14-15,17H2,1H3. The summed E-state index contributed by atoms with van der Waals surface area (Å²) in [5, 5.41) is 26.7. The van der Waals surface area contributed by atoms with E-state index in [9.17, 15) is 15.0 Å². The number of amides is 1. The first-order valence-electron chi connectivity index (χ1n) is 11.7. The van der Waals surface area contributed by atoms with Crippen LogP contribution in [0.1, 0.15) is 61.4 Å². The van der Waals surface area contributed by atoms with Crippen molar-refractivity contribution in [3.63, 3.8) is 0 Å². The van der Waals surface area contributed by atoms with Crippen LogP contribution in [-0.4, -0.2) is 33.7 Å². The van der Waals surface area contributed by atoms with E-state index in [-0.39, 0.29) is 11.6 Å². The van der Waals surface area contributed by atoms with Gasteiger partial charge in [-0.2, -0.15) is 11.3 Å². The molecule has 1 amide bonds. The Morgan fingerprint density at radius 1 is 1.03 bits per heavy atom. The molecule has 6 heteroatoms. The molecule has 174 valence electrons. The Morgan fingerprint density at radius 2 is 1.79 bits per heavy atom. The Morgan fingerprint density at radius 3 is 2.45 bits per heavy atom. The van der Waals surface area contributed by atoms with Gasteiger partial charge in [-0.05, 0) is 71.5 Å². The van der Waals surface area contributed by atoms with Crippen LogP contribution in [0.5, 0.6) is 5.75 Å². The van der Waals surface area contributed by atoms with Gasteiger partial charge in [0.25, 0.3) is 11.8 Å². The number of carbonyl (C=O) groups excluding carboxylic acids is 1. The maximum absolute atomic E-state index is 13.5. The van der Waals surface area contributed by atoms with Gasteiger partial charge in [-0.1, -0.05) is 50.5 Å². The molecule has 1 aliphatic carbocycles. The molecule has 1 fully saturated rings. The summed E-state index contributed by atoms with van der Waals surface area (Å²) in [6.07, 6.45) is 5.72. The SMILES string of the molecule is CCCCCCOc1ccccc1C(O)(O)N(C(=O)c1ccc(-c2ccsc2)cc1)C1CC1. The van der Waals surface area contributed by atoms with Crippen LogP contribution in [0.15, 0.2) is 65.4 Å². The third-order valence-electron chi connectivity index (χ3n) is 5.96. The number of hydrogen-bond acceptors (Lipinski definition) is 5. The summed E-state index contributed by atoms with van der Waals surface area (Å²) in [6, 6.07) is 16.0. The average molecular weight is 466 g/mol. The molecule has 0 spiro atoms. The Kier molecular flexibility index (Phi) is 7.48. The molecule has 0 bridgehead atoms. The normalized spacial score (nSPS) is 13.7. The van der Waals surface area contributed by atoms with Crippen molar-refractivity contribution < 1.29 is 19.7 Å². The van der Waals surface area contributed by atoms with Gasteiger partial charge in [-0.25, -0.2) is 0 Å². The van der Waals surface area contributed by atoms with Gasteiger partial charge in [-0.3, -0.25) is 9.69 Å². The molecule has 33 heavy (non-hydrogen) atoms. The first kappa shape index (κ1) is 23.5. The summed E-state index contributed by atoms with van der Waals surface area (Å²) in [5.41, 5.74) is 2.73. The van der Waals surface area contributed by atoms with Crippen LogP contribution in [0.4, 0.5) is 0 Å². The van der Waals surface area contributed by atoms with E-state index in [0.717, 1.165) is 49.7 Å². The third kappa shape index (κ3) is 5.46. The van der Waals surface area contributed by atoms with Gasteiger partial charge < -0.3 is 14.9 Å². The van der Waals surface area contributed by atoms with E-state index in [1.165, 1.54) is 4.90 Å². The van der Waals surface area contributed by atoms with Crippen molar-refractivity contribution in [2.24, 2.45) is 0 Å². The van der Waals surface area contributed by atoms with Crippen LogP contribution in [0, 0.1) is 0 Å². The molecule has 2 aromatic carbocycles. The maximum Gasteiger partial charge on any atom is 0.281 e. The van der Waals surface area contributed by atoms with Gasteiger partial charge >= 0.3 is 0 Å². The summed E-state index contributed by atoms with van der Waals surface area (Å²) in [5.74, 6) is -2.48. The maximum atomic E-state index is 13.5. The Balaban J connectivity index is 1.55. The number of thiophene rings is 1. The fourth-order valence-electron chi connectivity index (χ4n) is 3.98. The second-order valence-electron chi connectivity index (χ2n) is 8.54. The zero-order chi connectivity index (χ0) is 23.3. The zero-order valence-corrected chi connectivity index (χ0v) is 19.8. The second-order valence-corrected chi connectivity index (χ2v) is 9.32. The monoisotopic (exact) mass is 465 g/mol. The number of hydrogen-bond donors (Lipinski definition) is 2. The minimum atomic E-state index is -2.47. The lowest BCUT2D eigenvalue weighted by atomic mass is 10.0. The first-order valence-corrected chi connectivity index (χ1v) is 12.6. The van der Waals surface area contributed by atoms with E-state index >= 15 is 0 Å². The number of carbonyl (C=O) groups is 1. The van der Waals surface area contributed by atoms with Crippen molar-refractivity contribution in [3.05, 3.63) is 76.5 Å². The van der Waals surface area contributed by atoms with Crippen LogP contribution in [0.3, 0.4) is 0 Å². The predicted molar refractivity (Wildman–Crippen MR) is 131 cm³/mol. The van der Waals surface area contributed by atoms with Gasteiger partial charge in [0.05, 0.1) is 12.2 Å². The Labute approximate surface area is 199 Å². The highest BCUT2D eigenvalue weighted by Gasteiger charge is 2.48. The minimum Gasteiger partial charge on any atom is -0.493 e. The molecule has 5 nitrogen and oxygen atoms in total. The molecule has 2 N–H and O–H groups in total. The lowest BCUT2D eigenvalue weighted by Crippen LogP contribution is -2.51. The summed E-state index contributed by atoms with van der Waals surface area (Å²) in [6.45, 7) is 2.65. The average Bonchev–Trinajstić information content (AvgIpc) is 3.49. The number of aliphatic hydroxyl groups is 2. The molecule has 0 aliphatic heterocycles. The van der Waals surface area contributed by atoms with Crippen LogP contribution in [0.2, 0.25) is 0 Å². The lowest BCUT2D eigenvalue weighted by Gasteiger charge is -2.36. The number of rotatable bonds is 11. The van der Waals surface area contributed by atoms with Gasteiger partial charge in [0.2, 0.25) is 0 Å². The van der Waals surface area contributed by atoms with Gasteiger partial charge in [0, 0.05) is 11.6 Å². The van der Waals surface area contributed by atoms with Crippen molar-refractivity contribution in [2.45, 2.75) is 57.4 Å². The Hall–Kier alpha value is -2.67. The number of nitrogens with zero attached hydrogens (tertiary/aromatic N) is 1. The van der Waals surface area contributed by atoms with E-state index in [1.54, 1.807) is 47.7 Å². The van der Waals surface area contributed by atoms with Crippen molar-refractivity contribution in [1.29, 1.82) is 0 Å². The van der Waals surface area contributed by atoms with Gasteiger partial charge in [-0.15, -0.1) is 0 Å². The minimum absolute atomic E-state index is 0.190. The molecule has 0 unspecified atom stereocenters. The van der Waals surface area contributed by atoms with Crippen LogP contribution >= 0.6 is 11.3 Å². The molecule has 1 aromatic heterocycles. The molecule has 0 radical (unpaired) electrons. The highest BCUT2D eigenvalue weighted by Crippen LogP contribution is 2.40. The van der Waals surface area contributed by atoms with Crippen molar-refractivity contribution in [2.75, 3.05) is 6.61 Å². The number of unbranched alkanes of at least 4 members (excludes halogenated alkanes) is 3. The topological polar surface area (TPSA) is 70.0 Å². The van der Waals surface area contributed by atoms with Crippen molar-refractivity contribution in [1.82, 2.24) is 4.90 Å². The van der Waals surface area contributed by atoms with E-state index < -0.39 is 11.8 Å². The van der Waals surface area contributed by atoms with Gasteiger partial charge in [0.1, 0.15) is 5.75 Å². The highest BCUT2D eigenvalue weighted by molar-refractivity contribution is 7.08. The largest absolute Gasteiger partial charge is 0.493 e. The summed E-state index contributed by atoms with van der Waals surface area (Å²) >= 11 is 1.62. The van der Waals surface area contributed by atoms with Crippen molar-refractivity contribution >= 4 is 17.2 Å². The molecule has 1 aliphatic rings. The second kappa shape index (κ2) is 10.5. The van der Waals surface area contributed by atoms with E-state index in [0.29, 0.717) is 17.9 Å². The quantitative estimate of drug-likeness (QED) is 0.278. The molecule has 1 saturated carbocycles. The van der Waals surface area contributed by atoms with Crippen LogP contribution in [-0.2, 0) is 5.91 Å². The summed E-state index contributed by atoms with van der Waals surface area (Å²) < 4.78 is 5.91. The van der Waals surface area contributed by atoms with Crippen LogP contribution < -0.4 is 4.74 Å². The number of benzene rings is 2. The summed E-state index contributed by atoms with van der Waals surface area (Å²) in [4.78, 5) is 14.7. The molecule has 0 atom stereocenters. The fourth-order valence-corrected chi connectivity index (χ4v) is 4.64. The summed E-state index contributed by atoms with van der Waals surface area (Å²) in [7, 11) is 0.